The average molecular weight is 320 g/mol. The lowest BCUT2D eigenvalue weighted by atomic mass is 9.99. The van der Waals surface area contributed by atoms with Crippen LogP contribution in [-0.2, 0) is 10.2 Å². The number of nitrogens with one attached hydrogen (secondary N) is 1. The third-order valence-corrected chi connectivity index (χ3v) is 6.86. The Hall–Kier alpha value is -0.170. The van der Waals surface area contributed by atoms with Gasteiger partial charge in [0.05, 0.1) is 0 Å². The SMILES string of the molecule is CCC(C)(C)N(C)S(=O)(=O)N1CCCC(CNC(C)C)C1. The summed E-state index contributed by atoms with van der Waals surface area (Å²) in [7, 11) is -1.66. The van der Waals surface area contributed by atoms with Crippen molar-refractivity contribution in [2.75, 3.05) is 26.7 Å². The summed E-state index contributed by atoms with van der Waals surface area (Å²) >= 11 is 0. The lowest BCUT2D eigenvalue weighted by Gasteiger charge is -2.40. The zero-order valence-electron chi connectivity index (χ0n) is 14.5. The van der Waals surface area contributed by atoms with Crippen LogP contribution in [0.25, 0.3) is 0 Å². The molecule has 1 rings (SSSR count). The predicted molar refractivity (Wildman–Crippen MR) is 88.5 cm³/mol. The maximum atomic E-state index is 12.8. The van der Waals surface area contributed by atoms with Gasteiger partial charge in [0, 0.05) is 31.7 Å². The second kappa shape index (κ2) is 7.40. The summed E-state index contributed by atoms with van der Waals surface area (Å²) in [5.74, 6) is 0.411. The van der Waals surface area contributed by atoms with Crippen LogP contribution in [0.4, 0.5) is 0 Å². The number of hydrogen-bond donors (Lipinski definition) is 1. The van der Waals surface area contributed by atoms with E-state index in [1.54, 1.807) is 11.4 Å². The summed E-state index contributed by atoms with van der Waals surface area (Å²) in [6, 6.07) is 0.443. The van der Waals surface area contributed by atoms with Crippen molar-refractivity contribution in [2.45, 2.75) is 65.5 Å². The zero-order valence-corrected chi connectivity index (χ0v) is 15.3. The van der Waals surface area contributed by atoms with E-state index in [4.69, 9.17) is 0 Å². The molecule has 1 fully saturated rings. The lowest BCUT2D eigenvalue weighted by Crippen LogP contribution is -2.54. The fraction of sp³-hybridized carbons (Fsp3) is 1.00. The van der Waals surface area contributed by atoms with Crippen molar-refractivity contribution in [2.24, 2.45) is 5.92 Å². The van der Waals surface area contributed by atoms with E-state index < -0.39 is 10.2 Å². The van der Waals surface area contributed by atoms with Gasteiger partial charge in [0.15, 0.2) is 0 Å². The Morgan fingerprint density at radius 1 is 1.38 bits per heavy atom. The van der Waals surface area contributed by atoms with Gasteiger partial charge in [-0.2, -0.15) is 17.0 Å². The topological polar surface area (TPSA) is 52.7 Å². The average Bonchev–Trinajstić information content (AvgIpc) is 2.44. The molecule has 1 aliphatic heterocycles. The van der Waals surface area contributed by atoms with E-state index in [1.807, 2.05) is 20.8 Å². The van der Waals surface area contributed by atoms with Crippen molar-refractivity contribution < 1.29 is 8.42 Å². The van der Waals surface area contributed by atoms with Crippen molar-refractivity contribution >= 4 is 10.2 Å². The molecule has 126 valence electrons. The summed E-state index contributed by atoms with van der Waals surface area (Å²) in [5, 5.41) is 3.42. The Balaban J connectivity index is 2.74. The van der Waals surface area contributed by atoms with Crippen LogP contribution < -0.4 is 5.32 Å². The molecule has 1 N–H and O–H groups in total. The zero-order chi connectivity index (χ0) is 16.3. The number of rotatable bonds is 7. The van der Waals surface area contributed by atoms with Crippen molar-refractivity contribution in [1.82, 2.24) is 13.9 Å². The molecule has 21 heavy (non-hydrogen) atoms. The largest absolute Gasteiger partial charge is 0.314 e. The van der Waals surface area contributed by atoms with E-state index in [1.165, 1.54) is 4.31 Å². The first kappa shape index (κ1) is 18.9. The van der Waals surface area contributed by atoms with Crippen LogP contribution in [-0.4, -0.2) is 55.3 Å². The Morgan fingerprint density at radius 3 is 2.52 bits per heavy atom. The first-order valence-corrected chi connectivity index (χ1v) is 9.48. The molecule has 0 spiro atoms. The number of nitrogens with zero attached hydrogens (tertiary/aromatic N) is 2. The van der Waals surface area contributed by atoms with Gasteiger partial charge in [-0.25, -0.2) is 0 Å². The lowest BCUT2D eigenvalue weighted by molar-refractivity contribution is 0.205. The van der Waals surface area contributed by atoms with Crippen LogP contribution in [0.3, 0.4) is 0 Å². The molecule has 1 saturated heterocycles. The molecule has 0 saturated carbocycles. The van der Waals surface area contributed by atoms with E-state index >= 15 is 0 Å². The molecule has 0 amide bonds. The molecule has 1 atom stereocenters. The van der Waals surface area contributed by atoms with Crippen LogP contribution in [0.1, 0.15) is 53.9 Å². The summed E-state index contributed by atoms with van der Waals surface area (Å²) in [6.07, 6.45) is 2.85. The van der Waals surface area contributed by atoms with Gasteiger partial charge >= 0.3 is 0 Å². The highest BCUT2D eigenvalue weighted by molar-refractivity contribution is 7.86. The second-order valence-corrected chi connectivity index (χ2v) is 9.03. The van der Waals surface area contributed by atoms with Gasteiger partial charge in [0.1, 0.15) is 0 Å². The van der Waals surface area contributed by atoms with Gasteiger partial charge in [-0.3, -0.25) is 0 Å². The monoisotopic (exact) mass is 319 g/mol. The molecule has 0 bridgehead atoms. The van der Waals surface area contributed by atoms with E-state index in [9.17, 15) is 8.42 Å². The molecule has 0 radical (unpaired) electrons. The summed E-state index contributed by atoms with van der Waals surface area (Å²) in [4.78, 5) is 0. The Labute approximate surface area is 131 Å². The number of piperidine rings is 1. The highest BCUT2D eigenvalue weighted by Crippen LogP contribution is 2.26. The third-order valence-electron chi connectivity index (χ3n) is 4.69. The van der Waals surface area contributed by atoms with E-state index in [0.29, 0.717) is 25.0 Å². The summed E-state index contributed by atoms with van der Waals surface area (Å²) in [6.45, 7) is 12.4. The van der Waals surface area contributed by atoms with Crippen molar-refractivity contribution in [3.05, 3.63) is 0 Å². The molecule has 0 aromatic carbocycles. The molecule has 0 aromatic heterocycles. The first-order chi connectivity index (χ1) is 9.61. The van der Waals surface area contributed by atoms with Crippen molar-refractivity contribution in [3.8, 4) is 0 Å². The first-order valence-electron chi connectivity index (χ1n) is 8.08. The molecule has 1 heterocycles. The van der Waals surface area contributed by atoms with Gasteiger partial charge in [0.25, 0.3) is 10.2 Å². The molecule has 1 unspecified atom stereocenters. The Bertz CT molecular complexity index is 421. The molecule has 6 heteroatoms. The summed E-state index contributed by atoms with van der Waals surface area (Å²) in [5.41, 5.74) is -0.345. The molecule has 0 aliphatic carbocycles. The minimum Gasteiger partial charge on any atom is -0.314 e. The van der Waals surface area contributed by atoms with Gasteiger partial charge in [0.2, 0.25) is 0 Å². The highest BCUT2D eigenvalue weighted by Gasteiger charge is 2.37. The predicted octanol–water partition coefficient (Wildman–Crippen LogP) is 2.06. The van der Waals surface area contributed by atoms with E-state index in [0.717, 1.165) is 25.8 Å². The Kier molecular flexibility index (Phi) is 6.65. The minimum absolute atomic E-state index is 0.345. The molecule has 5 nitrogen and oxygen atoms in total. The molecular formula is C15H33N3O2S. The van der Waals surface area contributed by atoms with Gasteiger partial charge in [-0.05, 0) is 45.6 Å². The van der Waals surface area contributed by atoms with Crippen molar-refractivity contribution in [3.63, 3.8) is 0 Å². The van der Waals surface area contributed by atoms with E-state index in [2.05, 4.69) is 19.2 Å². The summed E-state index contributed by atoms with van der Waals surface area (Å²) < 4.78 is 28.8. The van der Waals surface area contributed by atoms with Gasteiger partial charge < -0.3 is 5.32 Å². The highest BCUT2D eigenvalue weighted by atomic mass is 32.2. The maximum absolute atomic E-state index is 12.8. The van der Waals surface area contributed by atoms with Gasteiger partial charge in [-0.1, -0.05) is 20.8 Å². The smallest absolute Gasteiger partial charge is 0.282 e. The quantitative estimate of drug-likeness (QED) is 0.781. The fourth-order valence-corrected chi connectivity index (χ4v) is 4.37. The van der Waals surface area contributed by atoms with Crippen LogP contribution in [0.15, 0.2) is 0 Å². The van der Waals surface area contributed by atoms with Crippen LogP contribution in [0, 0.1) is 5.92 Å². The van der Waals surface area contributed by atoms with Crippen LogP contribution in [0.5, 0.6) is 0 Å². The standard InChI is InChI=1S/C15H33N3O2S/c1-7-15(4,5)17(6)21(19,20)18-10-8-9-14(12-18)11-16-13(2)3/h13-14,16H,7-12H2,1-6H3. The van der Waals surface area contributed by atoms with Crippen molar-refractivity contribution in [1.29, 1.82) is 0 Å². The van der Waals surface area contributed by atoms with Crippen LogP contribution >= 0.6 is 0 Å². The minimum atomic E-state index is -3.36. The molecule has 0 aromatic rings. The van der Waals surface area contributed by atoms with Gasteiger partial charge in [-0.15, -0.1) is 0 Å². The molecular weight excluding hydrogens is 286 g/mol. The maximum Gasteiger partial charge on any atom is 0.282 e. The third kappa shape index (κ3) is 4.91. The van der Waals surface area contributed by atoms with Crippen LogP contribution in [0.2, 0.25) is 0 Å². The Morgan fingerprint density at radius 2 is 2.00 bits per heavy atom. The fourth-order valence-electron chi connectivity index (χ4n) is 2.51. The number of hydrogen-bond acceptors (Lipinski definition) is 3. The second-order valence-electron chi connectivity index (χ2n) is 7.07. The molecule has 1 aliphatic rings. The van der Waals surface area contributed by atoms with E-state index in [-0.39, 0.29) is 5.54 Å². The normalized spacial score (nSPS) is 22.2.